The second-order valence-corrected chi connectivity index (χ2v) is 15.8. The normalized spacial score (nSPS) is 18.6. The predicted molar refractivity (Wildman–Crippen MR) is 201 cm³/mol. The maximum absolute atomic E-state index is 14.2. The minimum atomic E-state index is -0.783. The van der Waals surface area contributed by atoms with Crippen molar-refractivity contribution in [3.8, 4) is 0 Å². The molecule has 7 atom stereocenters. The van der Waals surface area contributed by atoms with Crippen LogP contribution in [0.4, 0.5) is 0 Å². The van der Waals surface area contributed by atoms with Crippen LogP contribution >= 0.6 is 11.3 Å². The van der Waals surface area contributed by atoms with E-state index in [1.165, 1.54) is 18.3 Å². The molecule has 0 spiro atoms. The second kappa shape index (κ2) is 20.0. The highest BCUT2D eigenvalue weighted by Gasteiger charge is 2.37. The van der Waals surface area contributed by atoms with Gasteiger partial charge in [0.05, 0.1) is 6.04 Å². The lowest BCUT2D eigenvalue weighted by Gasteiger charge is -2.37. The molecule has 0 saturated carbocycles. The van der Waals surface area contributed by atoms with Crippen molar-refractivity contribution in [3.63, 3.8) is 0 Å². The summed E-state index contributed by atoms with van der Waals surface area (Å²) in [5.74, 6) is -1.42. The summed E-state index contributed by atoms with van der Waals surface area (Å²) in [6.07, 6.45) is 4.44. The fraction of sp³-hybridized carbons (Fsp3) is 0.650. The van der Waals surface area contributed by atoms with Crippen molar-refractivity contribution in [1.29, 1.82) is 0 Å². The Morgan fingerprint density at radius 2 is 1.73 bits per heavy atom. The lowest BCUT2D eigenvalue weighted by atomic mass is 9.83. The first-order valence-corrected chi connectivity index (χ1v) is 19.5. The van der Waals surface area contributed by atoms with Gasteiger partial charge in [-0.2, -0.15) is 0 Å². The molecule has 1 saturated heterocycles. The highest BCUT2D eigenvalue weighted by molar-refractivity contribution is 7.09. The summed E-state index contributed by atoms with van der Waals surface area (Å²) in [6.45, 7) is 13.8. The third kappa shape index (κ3) is 12.3. The van der Waals surface area contributed by atoms with Gasteiger partial charge in [0, 0.05) is 56.1 Å². The number of amides is 2. The zero-order valence-electron chi connectivity index (χ0n) is 32.1. The van der Waals surface area contributed by atoms with Gasteiger partial charge in [0.2, 0.25) is 5.91 Å². The number of nitrogens with zero attached hydrogens (tertiary/aromatic N) is 3. The Kier molecular flexibility index (Phi) is 16.4. The largest absolute Gasteiger partial charge is 0.455 e. The number of Topliss-reactive ketones (excluding diaryl/α,β-unsaturated/α-hetero) is 2. The number of esters is 1. The summed E-state index contributed by atoms with van der Waals surface area (Å²) in [5, 5.41) is 5.20. The topological polar surface area (TPSA) is 126 Å². The average Bonchev–Trinajstić information content (AvgIpc) is 3.59. The molecule has 0 unspecified atom stereocenters. The van der Waals surface area contributed by atoms with Crippen molar-refractivity contribution < 1.29 is 28.7 Å². The van der Waals surface area contributed by atoms with Gasteiger partial charge in [-0.05, 0) is 63.6 Å². The van der Waals surface area contributed by atoms with Crippen LogP contribution in [0.15, 0.2) is 35.7 Å². The number of carbonyl (C=O) groups is 5. The standard InChI is InChI=1S/C40H60N4O6S/c1-10-26(4)32(22-36(47)34-18-14-15-19-43(34)8)40(49)44(9)35(25(2)3)23-37(50-29(7)46)39-42-33(24-51-39)38(48)41-31(20-27(5)28(6)45)21-30-16-12-11-13-17-30/h11-13,16-17,24-27,31-32,34-35,37H,10,14-15,18-23H2,1-9H3,(H,41,48)/t26-,27-,31+,32-,34+,35+,37-/m0/s1. The molecule has 2 heterocycles. The highest BCUT2D eigenvalue weighted by atomic mass is 32.1. The van der Waals surface area contributed by atoms with Gasteiger partial charge in [-0.25, -0.2) is 4.98 Å². The summed E-state index contributed by atoms with van der Waals surface area (Å²) in [6, 6.07) is 9.04. The number of hydrogen-bond donors (Lipinski definition) is 1. The van der Waals surface area contributed by atoms with E-state index in [2.05, 4.69) is 15.2 Å². The number of nitrogens with one attached hydrogen (secondary N) is 1. The van der Waals surface area contributed by atoms with Crippen LogP contribution in [0, 0.1) is 23.7 Å². The first-order valence-electron chi connectivity index (χ1n) is 18.6. The van der Waals surface area contributed by atoms with Crippen LogP contribution in [0.3, 0.4) is 0 Å². The maximum atomic E-state index is 14.2. The maximum Gasteiger partial charge on any atom is 0.303 e. The van der Waals surface area contributed by atoms with Crippen molar-refractivity contribution >= 4 is 40.7 Å². The van der Waals surface area contributed by atoms with Gasteiger partial charge in [-0.15, -0.1) is 11.3 Å². The van der Waals surface area contributed by atoms with Crippen LogP contribution in [0.2, 0.25) is 0 Å². The third-order valence-corrected chi connectivity index (χ3v) is 11.5. The predicted octanol–water partition coefficient (Wildman–Crippen LogP) is 6.68. The average molecular weight is 725 g/mol. The Balaban J connectivity index is 1.81. The molecule has 1 fully saturated rings. The van der Waals surface area contributed by atoms with Gasteiger partial charge >= 0.3 is 5.97 Å². The van der Waals surface area contributed by atoms with Crippen LogP contribution in [-0.2, 0) is 30.3 Å². The SMILES string of the molecule is CC[C@H](C)[C@H](CC(=O)[C@H]1CCCCN1C)C(=O)N(C)[C@H](C[C@H](OC(C)=O)c1nc(C(=O)N[C@@H](Cc2ccccc2)C[C@H](C)C(C)=O)cs1)C(C)C. The molecule has 1 aromatic carbocycles. The molecule has 2 aromatic rings. The summed E-state index contributed by atoms with van der Waals surface area (Å²) < 4.78 is 5.81. The van der Waals surface area contributed by atoms with Crippen LogP contribution in [0.25, 0.3) is 0 Å². The lowest BCUT2D eigenvalue weighted by Crippen LogP contribution is -2.48. The molecule has 1 aliphatic rings. The van der Waals surface area contributed by atoms with Gasteiger partial charge in [0.25, 0.3) is 5.91 Å². The molecular weight excluding hydrogens is 665 g/mol. The molecule has 51 heavy (non-hydrogen) atoms. The molecule has 1 N–H and O–H groups in total. The third-order valence-electron chi connectivity index (χ3n) is 10.6. The first-order chi connectivity index (χ1) is 24.1. The van der Waals surface area contributed by atoms with Crippen molar-refractivity contribution in [2.24, 2.45) is 23.7 Å². The number of carbonyl (C=O) groups excluding carboxylic acids is 5. The minimum absolute atomic E-state index is 0.000452. The van der Waals surface area contributed by atoms with Gasteiger partial charge in [0.15, 0.2) is 11.9 Å². The smallest absolute Gasteiger partial charge is 0.303 e. The number of rotatable bonds is 19. The van der Waals surface area contributed by atoms with E-state index in [-0.39, 0.29) is 77.8 Å². The zero-order valence-corrected chi connectivity index (χ0v) is 33.0. The number of ether oxygens (including phenoxy) is 1. The van der Waals surface area contributed by atoms with E-state index in [0.29, 0.717) is 17.8 Å². The van der Waals surface area contributed by atoms with Crippen molar-refractivity contribution in [2.75, 3.05) is 20.6 Å². The number of thiazole rings is 1. The summed E-state index contributed by atoms with van der Waals surface area (Å²) >= 11 is 1.23. The van der Waals surface area contributed by atoms with Gasteiger partial charge in [-0.3, -0.25) is 28.9 Å². The monoisotopic (exact) mass is 724 g/mol. The molecule has 282 valence electrons. The van der Waals surface area contributed by atoms with E-state index in [1.54, 1.807) is 24.3 Å². The van der Waals surface area contributed by atoms with Crippen LogP contribution < -0.4 is 5.32 Å². The fourth-order valence-corrected chi connectivity index (χ4v) is 7.90. The molecule has 11 heteroatoms. The quantitative estimate of drug-likeness (QED) is 0.159. The van der Waals surface area contributed by atoms with E-state index in [1.807, 2.05) is 72.0 Å². The van der Waals surface area contributed by atoms with Gasteiger partial charge < -0.3 is 15.0 Å². The summed E-state index contributed by atoms with van der Waals surface area (Å²) in [7, 11) is 3.77. The molecule has 0 bridgehead atoms. The minimum Gasteiger partial charge on any atom is -0.455 e. The highest BCUT2D eigenvalue weighted by Crippen LogP contribution is 2.33. The Labute approximate surface area is 309 Å². The van der Waals surface area contributed by atoms with E-state index < -0.39 is 18.0 Å². The number of hydrogen-bond acceptors (Lipinski definition) is 9. The molecule has 10 nitrogen and oxygen atoms in total. The number of aromatic nitrogens is 1. The number of ketones is 2. The van der Waals surface area contributed by atoms with E-state index in [0.717, 1.165) is 37.8 Å². The molecule has 0 aliphatic carbocycles. The summed E-state index contributed by atoms with van der Waals surface area (Å²) in [5.41, 5.74) is 1.25. The van der Waals surface area contributed by atoms with E-state index >= 15 is 0 Å². The van der Waals surface area contributed by atoms with Crippen LogP contribution in [0.5, 0.6) is 0 Å². The Bertz CT molecular complexity index is 1460. The fourth-order valence-electron chi connectivity index (χ4n) is 7.06. The number of likely N-dealkylation sites (tertiary alicyclic amines) is 1. The Morgan fingerprint density at radius 3 is 2.31 bits per heavy atom. The molecule has 3 rings (SSSR count). The number of piperidine rings is 1. The molecule has 1 aliphatic heterocycles. The van der Waals surface area contributed by atoms with Crippen molar-refractivity contribution in [1.82, 2.24) is 20.1 Å². The zero-order chi connectivity index (χ0) is 37.8. The van der Waals surface area contributed by atoms with Crippen LogP contribution in [-0.4, -0.2) is 82.9 Å². The van der Waals surface area contributed by atoms with Gasteiger partial charge in [0.1, 0.15) is 16.5 Å². The lowest BCUT2D eigenvalue weighted by molar-refractivity contribution is -0.149. The molecule has 2 amide bonds. The first kappa shape index (κ1) is 42.0. The number of benzene rings is 1. The van der Waals surface area contributed by atoms with E-state index in [9.17, 15) is 24.0 Å². The van der Waals surface area contributed by atoms with Crippen molar-refractivity contribution in [3.05, 3.63) is 52.0 Å². The number of likely N-dealkylation sites (N-methyl/N-ethyl adjacent to an activating group) is 1. The molecular formula is C40H60N4O6S. The van der Waals surface area contributed by atoms with E-state index in [4.69, 9.17) is 4.74 Å². The Morgan fingerprint density at radius 1 is 1.04 bits per heavy atom. The summed E-state index contributed by atoms with van der Waals surface area (Å²) in [4.78, 5) is 74.2. The second-order valence-electron chi connectivity index (χ2n) is 14.9. The molecule has 1 aromatic heterocycles. The Hall–Kier alpha value is -3.44. The van der Waals surface area contributed by atoms with Crippen LogP contribution in [0.1, 0.15) is 121 Å². The van der Waals surface area contributed by atoms with Gasteiger partial charge in [-0.1, -0.05) is 77.8 Å². The molecule has 0 radical (unpaired) electrons. The van der Waals surface area contributed by atoms with Crippen molar-refractivity contribution in [2.45, 2.75) is 124 Å².